The van der Waals surface area contributed by atoms with Crippen molar-refractivity contribution in [3.05, 3.63) is 137 Å². The lowest BCUT2D eigenvalue weighted by Gasteiger charge is -2.26. The summed E-state index contributed by atoms with van der Waals surface area (Å²) in [6, 6.07) is 24.8. The molecule has 1 fully saturated rings. The molecule has 2 N–H and O–H groups in total. The average molecular weight is 619 g/mol. The van der Waals surface area contributed by atoms with Gasteiger partial charge in [0.05, 0.1) is 18.4 Å². The molecule has 0 saturated carbocycles. The van der Waals surface area contributed by atoms with Gasteiger partial charge in [0.1, 0.15) is 24.5 Å². The van der Waals surface area contributed by atoms with E-state index < -0.39 is 23.8 Å². The van der Waals surface area contributed by atoms with E-state index in [9.17, 15) is 19.2 Å². The van der Waals surface area contributed by atoms with Crippen LogP contribution in [0.2, 0.25) is 0 Å². The minimum Gasteiger partial charge on any atom is -0.493 e. The van der Waals surface area contributed by atoms with Gasteiger partial charge < -0.3 is 19.3 Å². The molecule has 0 atom stereocenters. The first-order valence-corrected chi connectivity index (χ1v) is 14.2. The summed E-state index contributed by atoms with van der Waals surface area (Å²) in [6.07, 6.45) is 3.44. The second-order valence-electron chi connectivity index (χ2n) is 10.2. The van der Waals surface area contributed by atoms with E-state index in [1.165, 1.54) is 25.3 Å². The molecule has 0 radical (unpaired) electrons. The molecule has 0 unspecified atom stereocenters. The molecule has 10 nitrogen and oxygen atoms in total. The van der Waals surface area contributed by atoms with Gasteiger partial charge in [0.25, 0.3) is 11.8 Å². The van der Waals surface area contributed by atoms with Crippen molar-refractivity contribution in [2.24, 2.45) is 0 Å². The Morgan fingerprint density at radius 3 is 2.22 bits per heavy atom. The predicted molar refractivity (Wildman–Crippen MR) is 171 cm³/mol. The highest BCUT2D eigenvalue weighted by molar-refractivity contribution is 6.39. The first-order chi connectivity index (χ1) is 22.3. The molecular formula is C36H30N2O8. The number of hydrogen-bond acceptors (Lipinski definition) is 7. The minimum atomic E-state index is -1.02. The number of amides is 4. The van der Waals surface area contributed by atoms with E-state index in [0.717, 1.165) is 16.0 Å². The van der Waals surface area contributed by atoms with Gasteiger partial charge in [-0.15, -0.1) is 6.58 Å². The minimum absolute atomic E-state index is 0.134. The number of allylic oxidation sites excluding steroid dienone is 1. The molecule has 5 rings (SSSR count). The number of carbonyl (C=O) groups is 4. The summed E-state index contributed by atoms with van der Waals surface area (Å²) in [5.41, 5.74) is 3.05. The Kier molecular flexibility index (Phi) is 9.57. The summed E-state index contributed by atoms with van der Waals surface area (Å²) in [6.45, 7) is 4.30. The molecule has 0 aliphatic carbocycles. The van der Waals surface area contributed by atoms with Crippen molar-refractivity contribution < 1.29 is 38.5 Å². The molecule has 1 aliphatic heterocycles. The Hall–Kier alpha value is -6.16. The molecule has 1 aliphatic rings. The molecule has 4 aromatic carbocycles. The van der Waals surface area contributed by atoms with Crippen LogP contribution < -0.4 is 24.4 Å². The number of nitrogens with one attached hydrogen (secondary N) is 1. The highest BCUT2D eigenvalue weighted by Crippen LogP contribution is 2.35. The van der Waals surface area contributed by atoms with E-state index in [-0.39, 0.29) is 23.4 Å². The molecule has 46 heavy (non-hydrogen) atoms. The van der Waals surface area contributed by atoms with Gasteiger partial charge in [-0.05, 0) is 77.7 Å². The molecular weight excluding hydrogens is 588 g/mol. The fourth-order valence-electron chi connectivity index (χ4n) is 4.78. The van der Waals surface area contributed by atoms with Gasteiger partial charge in [0, 0.05) is 5.56 Å². The van der Waals surface area contributed by atoms with Crippen molar-refractivity contribution in [3.63, 3.8) is 0 Å². The number of carboxylic acids is 1. The van der Waals surface area contributed by atoms with Crippen LogP contribution in [-0.2, 0) is 29.2 Å². The summed E-state index contributed by atoms with van der Waals surface area (Å²) < 4.78 is 17.5. The average Bonchev–Trinajstić information content (AvgIpc) is 3.06. The molecule has 1 saturated heterocycles. The molecule has 232 valence electrons. The van der Waals surface area contributed by atoms with Crippen LogP contribution in [0, 0.1) is 0 Å². The van der Waals surface area contributed by atoms with Crippen molar-refractivity contribution in [1.82, 2.24) is 5.32 Å². The number of carboxylic acid groups (broad SMARTS) is 1. The van der Waals surface area contributed by atoms with Crippen molar-refractivity contribution in [2.45, 2.75) is 19.6 Å². The smallest absolute Gasteiger partial charge is 0.335 e. The van der Waals surface area contributed by atoms with Gasteiger partial charge in [0.15, 0.2) is 11.5 Å². The number of imide groups is 2. The number of carbonyl (C=O) groups excluding carboxylic acids is 3. The van der Waals surface area contributed by atoms with Crippen LogP contribution >= 0.6 is 0 Å². The number of ether oxygens (including phenoxy) is 3. The number of urea groups is 1. The summed E-state index contributed by atoms with van der Waals surface area (Å²) >= 11 is 0. The highest BCUT2D eigenvalue weighted by atomic mass is 16.5. The second kappa shape index (κ2) is 14.1. The highest BCUT2D eigenvalue weighted by Gasteiger charge is 2.37. The van der Waals surface area contributed by atoms with E-state index in [0.29, 0.717) is 41.4 Å². The van der Waals surface area contributed by atoms with Crippen molar-refractivity contribution in [1.29, 1.82) is 0 Å². The van der Waals surface area contributed by atoms with E-state index in [2.05, 4.69) is 11.9 Å². The predicted octanol–water partition coefficient (Wildman–Crippen LogP) is 5.95. The molecule has 0 aromatic heterocycles. The maximum absolute atomic E-state index is 13.5. The number of aromatic carboxylic acids is 1. The molecule has 0 bridgehead atoms. The zero-order chi connectivity index (χ0) is 32.6. The summed E-state index contributed by atoms with van der Waals surface area (Å²) in [5, 5.41) is 11.4. The van der Waals surface area contributed by atoms with Crippen molar-refractivity contribution in [2.75, 3.05) is 12.0 Å². The Morgan fingerprint density at radius 1 is 0.891 bits per heavy atom. The van der Waals surface area contributed by atoms with Gasteiger partial charge in [-0.2, -0.15) is 0 Å². The van der Waals surface area contributed by atoms with Crippen molar-refractivity contribution >= 4 is 35.6 Å². The van der Waals surface area contributed by atoms with Crippen LogP contribution in [0.1, 0.15) is 32.6 Å². The number of nitrogens with zero attached hydrogens (tertiary/aromatic N) is 1. The molecule has 4 amide bonds. The maximum atomic E-state index is 13.5. The summed E-state index contributed by atoms with van der Waals surface area (Å²) in [4.78, 5) is 51.2. The van der Waals surface area contributed by atoms with E-state index in [1.54, 1.807) is 54.6 Å². The Balaban J connectivity index is 1.37. The number of anilines is 1. The standard InChI is InChI=1S/C36H30N2O8/c1-3-7-27-18-25(20-31(44-2)32(27)46-22-24-10-12-26(13-11-24)35(41)42)19-30-33(39)37-36(43)38(34(30)40)28-14-16-29(17-15-28)45-21-23-8-5-4-6-9-23/h3-6,8-20H,1,7,21-22H2,2H3,(H,41,42)(H,37,39,43)/b30-19+. The lowest BCUT2D eigenvalue weighted by atomic mass is 10.0. The quantitative estimate of drug-likeness (QED) is 0.113. The fraction of sp³-hybridized carbons (Fsp3) is 0.111. The van der Waals surface area contributed by atoms with E-state index >= 15 is 0 Å². The lowest BCUT2D eigenvalue weighted by molar-refractivity contribution is -0.122. The third-order valence-corrected chi connectivity index (χ3v) is 7.08. The third kappa shape index (κ3) is 7.13. The molecule has 0 spiro atoms. The third-order valence-electron chi connectivity index (χ3n) is 7.08. The van der Waals surface area contributed by atoms with Gasteiger partial charge in [-0.3, -0.25) is 14.9 Å². The second-order valence-corrected chi connectivity index (χ2v) is 10.2. The maximum Gasteiger partial charge on any atom is 0.335 e. The van der Waals surface area contributed by atoms with Gasteiger partial charge in [-0.1, -0.05) is 48.5 Å². The monoisotopic (exact) mass is 618 g/mol. The largest absolute Gasteiger partial charge is 0.493 e. The Bertz CT molecular complexity index is 1810. The van der Waals surface area contributed by atoms with Crippen LogP contribution in [0.5, 0.6) is 17.2 Å². The zero-order valence-corrected chi connectivity index (χ0v) is 24.9. The SMILES string of the molecule is C=CCc1cc(/C=C2\C(=O)NC(=O)N(c3ccc(OCc4ccccc4)cc3)C2=O)cc(OC)c1OCc1ccc(C(=O)O)cc1. The zero-order valence-electron chi connectivity index (χ0n) is 24.9. The van der Waals surface area contributed by atoms with Gasteiger partial charge in [0.2, 0.25) is 0 Å². The number of hydrogen-bond donors (Lipinski definition) is 2. The molecule has 1 heterocycles. The first-order valence-electron chi connectivity index (χ1n) is 14.2. The normalized spacial score (nSPS) is 13.7. The van der Waals surface area contributed by atoms with E-state index in [1.807, 2.05) is 30.3 Å². The van der Waals surface area contributed by atoms with Crippen LogP contribution in [0.4, 0.5) is 10.5 Å². The van der Waals surface area contributed by atoms with Crippen LogP contribution in [0.3, 0.4) is 0 Å². The van der Waals surface area contributed by atoms with Crippen LogP contribution in [-0.4, -0.2) is 36.0 Å². The van der Waals surface area contributed by atoms with Crippen LogP contribution in [0.25, 0.3) is 6.08 Å². The van der Waals surface area contributed by atoms with Crippen LogP contribution in [0.15, 0.2) is 109 Å². The number of rotatable bonds is 12. The lowest BCUT2D eigenvalue weighted by Crippen LogP contribution is -2.54. The Labute approximate surface area is 265 Å². The first kappa shape index (κ1) is 31.3. The van der Waals surface area contributed by atoms with Crippen molar-refractivity contribution in [3.8, 4) is 17.2 Å². The Morgan fingerprint density at radius 2 is 1.57 bits per heavy atom. The van der Waals surface area contributed by atoms with E-state index in [4.69, 9.17) is 19.3 Å². The number of barbiturate groups is 1. The number of methoxy groups -OCH3 is 1. The summed E-state index contributed by atoms with van der Waals surface area (Å²) in [5.74, 6) is -1.32. The molecule has 10 heteroatoms. The molecule has 4 aromatic rings. The summed E-state index contributed by atoms with van der Waals surface area (Å²) in [7, 11) is 1.46. The van der Waals surface area contributed by atoms with Gasteiger partial charge >= 0.3 is 12.0 Å². The fourth-order valence-corrected chi connectivity index (χ4v) is 4.78. The number of benzene rings is 4. The topological polar surface area (TPSA) is 131 Å². The van der Waals surface area contributed by atoms with Gasteiger partial charge in [-0.25, -0.2) is 14.5 Å².